The summed E-state index contributed by atoms with van der Waals surface area (Å²) in [5, 5.41) is 1.18. The first kappa shape index (κ1) is 32.3. The lowest BCUT2D eigenvalue weighted by Crippen LogP contribution is -2.11. The first-order chi connectivity index (χ1) is 15.1. The Kier molecular flexibility index (Phi) is 27.0. The van der Waals surface area contributed by atoms with Crippen LogP contribution in [0.3, 0.4) is 0 Å². The smallest absolute Gasteiger partial charge is 0.146 e. The zero-order valence-electron chi connectivity index (χ0n) is 21.0. The second-order valence-electron chi connectivity index (χ2n) is 9.99. The third-order valence-electron chi connectivity index (χ3n) is 6.50. The van der Waals surface area contributed by atoms with Gasteiger partial charge >= 0.3 is 0 Å². The predicted molar refractivity (Wildman–Crippen MR) is 153 cm³/mol. The molecule has 0 atom stereocenters. The van der Waals surface area contributed by atoms with E-state index in [2.05, 4.69) is 15.9 Å². The third kappa shape index (κ3) is 31.3. The van der Waals surface area contributed by atoms with Crippen LogP contribution in [0.5, 0.6) is 0 Å². The highest BCUT2D eigenvalue weighted by Gasteiger charge is 2.19. The maximum absolute atomic E-state index is 6.14. The van der Waals surface area contributed by atoms with Gasteiger partial charge in [0.1, 0.15) is 0 Å². The van der Waals surface area contributed by atoms with Crippen LogP contribution in [-0.4, -0.2) is 12.0 Å². The molecule has 0 aliphatic rings. The van der Waals surface area contributed by atoms with Gasteiger partial charge < -0.3 is 0 Å². The van der Waals surface area contributed by atoms with Gasteiger partial charge in [0.2, 0.25) is 6.69 Å². The minimum absolute atomic E-state index is 1.06. The van der Waals surface area contributed by atoms with E-state index in [1.54, 1.807) is 0 Å². The molecular formula is C27H55BrCl2Si. The molecule has 0 saturated heterocycles. The Labute approximate surface area is 215 Å². The highest BCUT2D eigenvalue weighted by Crippen LogP contribution is 2.23. The van der Waals surface area contributed by atoms with E-state index in [1.165, 1.54) is 159 Å². The Bertz CT molecular complexity index is 334. The molecule has 0 rings (SSSR count). The molecule has 4 heteroatoms. The number of alkyl halides is 1. The maximum atomic E-state index is 6.14. The zero-order chi connectivity index (χ0) is 22.9. The molecule has 0 aromatic rings. The molecule has 0 aliphatic carbocycles. The number of halogens is 3. The first-order valence-electron chi connectivity index (χ1n) is 14.0. The van der Waals surface area contributed by atoms with E-state index in [4.69, 9.17) is 22.2 Å². The van der Waals surface area contributed by atoms with E-state index in [9.17, 15) is 0 Å². The number of unbranched alkanes of at least 4 members (excludes halogenated alkanes) is 23. The Morgan fingerprint density at radius 1 is 0.387 bits per heavy atom. The standard InChI is InChI=1S/C27H55BrCl2Si/c1-31(29,30)27-25-23-21-19-17-15-13-11-9-7-5-3-2-4-6-8-10-12-14-16-18-20-22-24-26-28/h2-27H2,1H3. The van der Waals surface area contributed by atoms with Gasteiger partial charge in [-0.05, 0) is 19.0 Å². The van der Waals surface area contributed by atoms with Crippen molar-refractivity contribution in [3.05, 3.63) is 0 Å². The van der Waals surface area contributed by atoms with Gasteiger partial charge in [0.15, 0.2) is 0 Å². The van der Waals surface area contributed by atoms with Gasteiger partial charge in [-0.1, -0.05) is 164 Å². The van der Waals surface area contributed by atoms with E-state index in [0.717, 1.165) is 6.04 Å². The summed E-state index contributed by atoms with van der Waals surface area (Å²) in [6.07, 6.45) is 34.4. The minimum Gasteiger partial charge on any atom is -0.146 e. The van der Waals surface area contributed by atoms with Gasteiger partial charge in [0.25, 0.3) is 0 Å². The van der Waals surface area contributed by atoms with E-state index in [0.29, 0.717) is 0 Å². The average Bonchev–Trinajstić information content (AvgIpc) is 2.73. The van der Waals surface area contributed by atoms with Crippen molar-refractivity contribution in [3.8, 4) is 0 Å². The fraction of sp³-hybridized carbons (Fsp3) is 1.00. The molecule has 0 aromatic heterocycles. The van der Waals surface area contributed by atoms with Crippen LogP contribution in [0, 0.1) is 0 Å². The molecule has 0 spiro atoms. The average molecular weight is 559 g/mol. The number of hydrogen-bond donors (Lipinski definition) is 0. The molecule has 0 radical (unpaired) electrons. The van der Waals surface area contributed by atoms with Crippen molar-refractivity contribution in [1.82, 2.24) is 0 Å². The van der Waals surface area contributed by atoms with E-state index >= 15 is 0 Å². The molecule has 0 bridgehead atoms. The van der Waals surface area contributed by atoms with Crippen LogP contribution in [0.4, 0.5) is 0 Å². The second kappa shape index (κ2) is 25.9. The van der Waals surface area contributed by atoms with Crippen molar-refractivity contribution < 1.29 is 0 Å². The first-order valence-corrected chi connectivity index (χ1v) is 19.9. The maximum Gasteiger partial charge on any atom is 0.248 e. The van der Waals surface area contributed by atoms with E-state index < -0.39 is 6.69 Å². The highest BCUT2D eigenvalue weighted by molar-refractivity contribution is 9.09. The molecule has 0 N–H and O–H groups in total. The largest absolute Gasteiger partial charge is 0.248 e. The lowest BCUT2D eigenvalue weighted by Gasteiger charge is -2.09. The zero-order valence-corrected chi connectivity index (χ0v) is 25.1. The highest BCUT2D eigenvalue weighted by atomic mass is 79.9. The summed E-state index contributed by atoms with van der Waals surface area (Å²) >= 11 is 15.8. The molecule has 0 amide bonds. The Morgan fingerprint density at radius 2 is 0.581 bits per heavy atom. The van der Waals surface area contributed by atoms with Crippen molar-refractivity contribution in [2.75, 3.05) is 5.33 Å². The van der Waals surface area contributed by atoms with Gasteiger partial charge in [-0.25, -0.2) is 0 Å². The third-order valence-corrected chi connectivity index (χ3v) is 9.43. The van der Waals surface area contributed by atoms with Crippen LogP contribution < -0.4 is 0 Å². The molecule has 188 valence electrons. The molecule has 0 aromatic carbocycles. The minimum atomic E-state index is -1.83. The van der Waals surface area contributed by atoms with Gasteiger partial charge in [0, 0.05) is 5.33 Å². The van der Waals surface area contributed by atoms with E-state index in [1.807, 2.05) is 6.55 Å². The van der Waals surface area contributed by atoms with Crippen LogP contribution in [-0.2, 0) is 0 Å². The van der Waals surface area contributed by atoms with Gasteiger partial charge in [-0.3, -0.25) is 0 Å². The lowest BCUT2D eigenvalue weighted by atomic mass is 10.0. The Hall–Kier alpha value is 1.28. The second-order valence-corrected chi connectivity index (χ2v) is 19.0. The van der Waals surface area contributed by atoms with Crippen LogP contribution in [0.25, 0.3) is 0 Å². The number of hydrogen-bond acceptors (Lipinski definition) is 0. The molecule has 0 aliphatic heterocycles. The van der Waals surface area contributed by atoms with Crippen molar-refractivity contribution in [3.63, 3.8) is 0 Å². The van der Waals surface area contributed by atoms with Crippen LogP contribution in [0.1, 0.15) is 154 Å². The van der Waals surface area contributed by atoms with Crippen molar-refractivity contribution >= 4 is 44.8 Å². The van der Waals surface area contributed by atoms with Crippen LogP contribution in [0.15, 0.2) is 0 Å². The van der Waals surface area contributed by atoms with Gasteiger partial charge in [0.05, 0.1) is 0 Å². The van der Waals surface area contributed by atoms with Crippen LogP contribution in [0.2, 0.25) is 12.6 Å². The van der Waals surface area contributed by atoms with Gasteiger partial charge in [-0.2, -0.15) is 0 Å². The van der Waals surface area contributed by atoms with Gasteiger partial charge in [-0.15, -0.1) is 22.2 Å². The molecule has 0 saturated carbocycles. The molecule has 0 heterocycles. The normalized spacial score (nSPS) is 12.0. The van der Waals surface area contributed by atoms with Crippen molar-refractivity contribution in [2.45, 2.75) is 167 Å². The summed E-state index contributed by atoms with van der Waals surface area (Å²) in [7, 11) is 0. The predicted octanol–water partition coefficient (Wildman–Crippen LogP) is 12.3. The monoisotopic (exact) mass is 556 g/mol. The molecular weight excluding hydrogens is 503 g/mol. The Balaban J connectivity index is 3.02. The fourth-order valence-corrected chi connectivity index (χ4v) is 6.49. The molecule has 0 nitrogen and oxygen atoms in total. The number of rotatable bonds is 26. The van der Waals surface area contributed by atoms with Crippen molar-refractivity contribution in [1.29, 1.82) is 0 Å². The summed E-state index contributed by atoms with van der Waals surface area (Å²) < 4.78 is 0. The van der Waals surface area contributed by atoms with Crippen molar-refractivity contribution in [2.24, 2.45) is 0 Å². The molecule has 0 fully saturated rings. The summed E-state index contributed by atoms with van der Waals surface area (Å²) in [6.45, 7) is 0.203. The summed E-state index contributed by atoms with van der Waals surface area (Å²) in [6, 6.07) is 1.06. The lowest BCUT2D eigenvalue weighted by molar-refractivity contribution is 0.518. The Morgan fingerprint density at radius 3 is 0.774 bits per heavy atom. The summed E-state index contributed by atoms with van der Waals surface area (Å²) in [5.74, 6) is 0. The summed E-state index contributed by atoms with van der Waals surface area (Å²) in [5.41, 5.74) is 0. The topological polar surface area (TPSA) is 0 Å². The summed E-state index contributed by atoms with van der Waals surface area (Å²) in [4.78, 5) is 0. The van der Waals surface area contributed by atoms with E-state index in [-0.39, 0.29) is 0 Å². The quantitative estimate of drug-likeness (QED) is 0.0429. The fourth-order valence-electron chi connectivity index (χ4n) is 4.42. The molecule has 31 heavy (non-hydrogen) atoms. The SMILES string of the molecule is C[Si](Cl)(Cl)CCCCCCCCCCCCCCCCCCCCCCCCCCBr. The van der Waals surface area contributed by atoms with Crippen LogP contribution >= 0.6 is 38.1 Å². The molecule has 0 unspecified atom stereocenters.